The lowest BCUT2D eigenvalue weighted by atomic mass is 10.1. The van der Waals surface area contributed by atoms with Crippen molar-refractivity contribution >= 4 is 5.91 Å². The fraction of sp³-hybridized carbons (Fsp3) is 0.632. The molecular formula is C19H27N3O3. The Bertz CT molecular complexity index is 608. The summed E-state index contributed by atoms with van der Waals surface area (Å²) in [6, 6.07) is 6.69. The molecule has 0 radical (unpaired) electrons. The fourth-order valence-corrected chi connectivity index (χ4v) is 3.93. The molecule has 6 heteroatoms. The van der Waals surface area contributed by atoms with Crippen LogP contribution < -0.4 is 14.8 Å². The van der Waals surface area contributed by atoms with E-state index in [9.17, 15) is 4.79 Å². The van der Waals surface area contributed by atoms with Crippen molar-refractivity contribution in [3.8, 4) is 11.5 Å². The minimum Gasteiger partial charge on any atom is -0.454 e. The Labute approximate surface area is 149 Å². The predicted octanol–water partition coefficient (Wildman–Crippen LogP) is 1.59. The molecule has 1 amide bonds. The van der Waals surface area contributed by atoms with Gasteiger partial charge in [-0.05, 0) is 30.5 Å². The van der Waals surface area contributed by atoms with Gasteiger partial charge in [-0.1, -0.05) is 18.9 Å². The van der Waals surface area contributed by atoms with Gasteiger partial charge < -0.3 is 19.7 Å². The van der Waals surface area contributed by atoms with E-state index in [0.717, 1.165) is 44.2 Å². The first kappa shape index (κ1) is 16.7. The highest BCUT2D eigenvalue weighted by molar-refractivity contribution is 5.78. The van der Waals surface area contributed by atoms with Crippen LogP contribution in [0.25, 0.3) is 0 Å². The number of carbonyl (C=O) groups excluding carboxylic acids is 1. The van der Waals surface area contributed by atoms with Gasteiger partial charge in [-0.25, -0.2) is 0 Å². The normalized spacial score (nSPS) is 21.0. The maximum atomic E-state index is 12.4. The smallest absolute Gasteiger partial charge is 0.236 e. The molecule has 25 heavy (non-hydrogen) atoms. The zero-order valence-corrected chi connectivity index (χ0v) is 14.7. The summed E-state index contributed by atoms with van der Waals surface area (Å²) >= 11 is 0. The third-order valence-corrected chi connectivity index (χ3v) is 5.47. The molecule has 3 aliphatic rings. The molecule has 4 rings (SSSR count). The first-order valence-corrected chi connectivity index (χ1v) is 9.40. The van der Waals surface area contributed by atoms with Crippen LogP contribution in [0, 0.1) is 0 Å². The standard InChI is InChI=1S/C19H27N3O3/c23-19(12-20-16-3-1-2-4-16)22-9-7-21(8-10-22)13-15-5-6-17-18(11-15)25-14-24-17/h5-6,11,16,20H,1-4,7-10,12-14H2. The second-order valence-corrected chi connectivity index (χ2v) is 7.21. The minimum atomic E-state index is 0.245. The van der Waals surface area contributed by atoms with Gasteiger partial charge >= 0.3 is 0 Å². The van der Waals surface area contributed by atoms with E-state index < -0.39 is 0 Å². The monoisotopic (exact) mass is 345 g/mol. The van der Waals surface area contributed by atoms with Gasteiger partial charge in [0.25, 0.3) is 0 Å². The lowest BCUT2D eigenvalue weighted by molar-refractivity contribution is -0.132. The Balaban J connectivity index is 1.22. The number of rotatable bonds is 5. The van der Waals surface area contributed by atoms with Gasteiger partial charge in [0.05, 0.1) is 6.54 Å². The van der Waals surface area contributed by atoms with Crippen LogP contribution in [0.3, 0.4) is 0 Å². The van der Waals surface area contributed by atoms with E-state index in [0.29, 0.717) is 19.4 Å². The first-order valence-electron chi connectivity index (χ1n) is 9.40. The largest absolute Gasteiger partial charge is 0.454 e. The molecule has 2 heterocycles. The van der Waals surface area contributed by atoms with E-state index in [4.69, 9.17) is 9.47 Å². The molecule has 0 aromatic heterocycles. The molecule has 1 saturated carbocycles. The van der Waals surface area contributed by atoms with Crippen molar-refractivity contribution in [3.05, 3.63) is 23.8 Å². The molecule has 136 valence electrons. The van der Waals surface area contributed by atoms with Crippen molar-refractivity contribution in [1.29, 1.82) is 0 Å². The van der Waals surface area contributed by atoms with Crippen LogP contribution in [-0.2, 0) is 11.3 Å². The van der Waals surface area contributed by atoms with Crippen LogP contribution >= 0.6 is 0 Å². The highest BCUT2D eigenvalue weighted by Crippen LogP contribution is 2.32. The molecule has 1 N–H and O–H groups in total. The number of piperazine rings is 1. The van der Waals surface area contributed by atoms with E-state index >= 15 is 0 Å². The number of hydrogen-bond acceptors (Lipinski definition) is 5. The molecule has 0 unspecified atom stereocenters. The SMILES string of the molecule is O=C(CNC1CCCC1)N1CCN(Cc2ccc3c(c2)OCO3)CC1. The Morgan fingerprint density at radius 3 is 2.64 bits per heavy atom. The number of amides is 1. The summed E-state index contributed by atoms with van der Waals surface area (Å²) < 4.78 is 10.8. The number of carbonyl (C=O) groups is 1. The summed E-state index contributed by atoms with van der Waals surface area (Å²) in [5.74, 6) is 1.91. The number of fused-ring (bicyclic) bond motifs is 1. The second-order valence-electron chi connectivity index (χ2n) is 7.21. The average Bonchev–Trinajstić information content (AvgIpc) is 3.31. The molecule has 0 bridgehead atoms. The zero-order valence-electron chi connectivity index (χ0n) is 14.7. The summed E-state index contributed by atoms with van der Waals surface area (Å²) in [7, 11) is 0. The van der Waals surface area contributed by atoms with E-state index in [-0.39, 0.29) is 5.91 Å². The van der Waals surface area contributed by atoms with Crippen molar-refractivity contribution < 1.29 is 14.3 Å². The maximum Gasteiger partial charge on any atom is 0.236 e. The fourth-order valence-electron chi connectivity index (χ4n) is 3.93. The molecule has 2 aliphatic heterocycles. The third-order valence-electron chi connectivity index (χ3n) is 5.47. The number of nitrogens with zero attached hydrogens (tertiary/aromatic N) is 2. The lowest BCUT2D eigenvalue weighted by Crippen LogP contribution is -2.51. The molecule has 0 atom stereocenters. The topological polar surface area (TPSA) is 54.0 Å². The quantitative estimate of drug-likeness (QED) is 0.878. The Morgan fingerprint density at radius 1 is 1.08 bits per heavy atom. The molecule has 1 aromatic carbocycles. The van der Waals surface area contributed by atoms with Gasteiger partial charge in [0.1, 0.15) is 0 Å². The van der Waals surface area contributed by atoms with Crippen molar-refractivity contribution in [1.82, 2.24) is 15.1 Å². The summed E-state index contributed by atoms with van der Waals surface area (Å²) in [4.78, 5) is 16.8. The number of hydrogen-bond donors (Lipinski definition) is 1. The lowest BCUT2D eigenvalue weighted by Gasteiger charge is -2.35. The van der Waals surface area contributed by atoms with Gasteiger partial charge in [0, 0.05) is 38.8 Å². The van der Waals surface area contributed by atoms with Crippen molar-refractivity contribution in [2.24, 2.45) is 0 Å². The van der Waals surface area contributed by atoms with Crippen LogP contribution in [0.1, 0.15) is 31.2 Å². The Kier molecular flexibility index (Phi) is 5.08. The Hall–Kier alpha value is -1.79. The summed E-state index contributed by atoms with van der Waals surface area (Å²) in [5, 5.41) is 3.42. The highest BCUT2D eigenvalue weighted by atomic mass is 16.7. The molecule has 1 aromatic rings. The van der Waals surface area contributed by atoms with Crippen LogP contribution in [0.4, 0.5) is 0 Å². The van der Waals surface area contributed by atoms with Crippen LogP contribution in [0.2, 0.25) is 0 Å². The van der Waals surface area contributed by atoms with Gasteiger partial charge in [0.2, 0.25) is 12.7 Å². The van der Waals surface area contributed by atoms with E-state index in [1.807, 2.05) is 11.0 Å². The summed E-state index contributed by atoms with van der Waals surface area (Å²) in [5.41, 5.74) is 1.23. The predicted molar refractivity (Wildman–Crippen MR) is 94.7 cm³/mol. The van der Waals surface area contributed by atoms with Crippen LogP contribution in [-0.4, -0.2) is 61.3 Å². The molecule has 1 saturated heterocycles. The van der Waals surface area contributed by atoms with Crippen molar-refractivity contribution in [2.75, 3.05) is 39.5 Å². The summed E-state index contributed by atoms with van der Waals surface area (Å²) in [6.07, 6.45) is 5.03. The van der Waals surface area contributed by atoms with E-state index in [2.05, 4.69) is 22.3 Å². The average molecular weight is 345 g/mol. The second kappa shape index (κ2) is 7.62. The summed E-state index contributed by atoms with van der Waals surface area (Å²) in [6.45, 7) is 5.17. The third kappa shape index (κ3) is 4.07. The van der Waals surface area contributed by atoms with Gasteiger partial charge in [-0.3, -0.25) is 9.69 Å². The number of ether oxygens (including phenoxy) is 2. The number of benzene rings is 1. The van der Waals surface area contributed by atoms with E-state index in [1.165, 1.54) is 31.2 Å². The number of nitrogens with one attached hydrogen (secondary N) is 1. The van der Waals surface area contributed by atoms with E-state index in [1.54, 1.807) is 0 Å². The van der Waals surface area contributed by atoms with Gasteiger partial charge in [-0.2, -0.15) is 0 Å². The zero-order chi connectivity index (χ0) is 17.1. The van der Waals surface area contributed by atoms with Crippen molar-refractivity contribution in [2.45, 2.75) is 38.3 Å². The maximum absolute atomic E-state index is 12.4. The first-order chi connectivity index (χ1) is 12.3. The van der Waals surface area contributed by atoms with Gasteiger partial charge in [-0.15, -0.1) is 0 Å². The highest BCUT2D eigenvalue weighted by Gasteiger charge is 2.23. The molecule has 2 fully saturated rings. The minimum absolute atomic E-state index is 0.245. The van der Waals surface area contributed by atoms with Crippen LogP contribution in [0.15, 0.2) is 18.2 Å². The molecule has 1 aliphatic carbocycles. The van der Waals surface area contributed by atoms with Crippen molar-refractivity contribution in [3.63, 3.8) is 0 Å². The Morgan fingerprint density at radius 2 is 1.84 bits per heavy atom. The molecular weight excluding hydrogens is 318 g/mol. The molecule has 0 spiro atoms. The van der Waals surface area contributed by atoms with Gasteiger partial charge in [0.15, 0.2) is 11.5 Å². The van der Waals surface area contributed by atoms with Crippen LogP contribution in [0.5, 0.6) is 11.5 Å². The molecule has 6 nitrogen and oxygen atoms in total.